The van der Waals surface area contributed by atoms with Gasteiger partial charge >= 0.3 is 12.1 Å². The topological polar surface area (TPSA) is 74.2 Å². The molecule has 6 nitrogen and oxygen atoms in total. The van der Waals surface area contributed by atoms with Crippen LogP contribution < -0.4 is 5.32 Å². The number of aromatic nitrogens is 1. The molecule has 2 N–H and O–H groups in total. The summed E-state index contributed by atoms with van der Waals surface area (Å²) in [5, 5.41) is 2.67. The fraction of sp³-hybridized carbons (Fsp3) is 0.412. The third-order valence-corrected chi connectivity index (χ3v) is 4.02. The minimum absolute atomic E-state index is 0.186. The second kappa shape index (κ2) is 5.72. The Bertz CT molecular complexity index is 857. The lowest BCUT2D eigenvalue weighted by Gasteiger charge is -2.19. The molecule has 3 rings (SSSR count). The lowest BCUT2D eigenvalue weighted by Crippen LogP contribution is -2.39. The molecule has 1 fully saturated rings. The molecule has 1 aliphatic rings. The van der Waals surface area contributed by atoms with E-state index in [4.69, 9.17) is 4.74 Å². The van der Waals surface area contributed by atoms with Gasteiger partial charge in [-0.2, -0.15) is 0 Å². The summed E-state index contributed by atoms with van der Waals surface area (Å²) >= 11 is 0. The number of amides is 3. The van der Waals surface area contributed by atoms with Crippen molar-refractivity contribution in [1.82, 2.24) is 15.2 Å². The smallest absolute Gasteiger partial charge is 0.415 e. The number of aromatic amines is 1. The maximum Gasteiger partial charge on any atom is 0.415 e. The average Bonchev–Trinajstić information content (AvgIpc) is 2.96. The Morgan fingerprint density at radius 2 is 1.88 bits per heavy atom. The van der Waals surface area contributed by atoms with Gasteiger partial charge in [-0.05, 0) is 33.8 Å². The van der Waals surface area contributed by atoms with Gasteiger partial charge in [0.2, 0.25) is 0 Å². The number of rotatable bonds is 1. The number of imide groups is 1. The van der Waals surface area contributed by atoms with Gasteiger partial charge in [-0.15, -0.1) is 0 Å². The lowest BCUT2D eigenvalue weighted by atomic mass is 10.1. The molecule has 134 valence electrons. The second-order valence-corrected chi connectivity index (χ2v) is 7.08. The average molecular weight is 351 g/mol. The number of nitrogens with one attached hydrogen (secondary N) is 2. The van der Waals surface area contributed by atoms with Crippen molar-refractivity contribution in [2.75, 3.05) is 0 Å². The Morgan fingerprint density at radius 3 is 2.52 bits per heavy atom. The Labute approximate surface area is 143 Å². The van der Waals surface area contributed by atoms with Gasteiger partial charge < -0.3 is 14.6 Å². The minimum Gasteiger partial charge on any atom is -0.443 e. The molecule has 3 amide bonds. The van der Waals surface area contributed by atoms with Gasteiger partial charge in [0.1, 0.15) is 5.60 Å². The number of alkyl carbamates (subject to hydrolysis) is 1. The number of urea groups is 1. The summed E-state index contributed by atoms with van der Waals surface area (Å²) in [6.45, 7) is 6.89. The molecule has 1 aromatic heterocycles. The number of carbonyl (C=O) groups is 2. The van der Waals surface area contributed by atoms with Gasteiger partial charge in [0.05, 0.1) is 12.1 Å². The fourth-order valence-electron chi connectivity index (χ4n) is 2.91. The van der Waals surface area contributed by atoms with E-state index >= 15 is 0 Å². The number of benzene rings is 1. The first-order chi connectivity index (χ1) is 11.6. The maximum atomic E-state index is 13.5. The van der Waals surface area contributed by atoms with Crippen molar-refractivity contribution < 1.29 is 23.1 Å². The number of nitrogens with zero attached hydrogens (tertiary/aromatic N) is 1. The Hall–Kier alpha value is -2.64. The van der Waals surface area contributed by atoms with Crippen LogP contribution in [0.25, 0.3) is 10.9 Å². The molecule has 0 saturated carbocycles. The van der Waals surface area contributed by atoms with Crippen molar-refractivity contribution in [3.63, 3.8) is 0 Å². The summed E-state index contributed by atoms with van der Waals surface area (Å²) < 4.78 is 31.9. The molecule has 25 heavy (non-hydrogen) atoms. The number of hydrogen-bond acceptors (Lipinski definition) is 3. The molecule has 0 aliphatic carbocycles. The van der Waals surface area contributed by atoms with Gasteiger partial charge in [-0.25, -0.2) is 23.7 Å². The molecule has 0 radical (unpaired) electrons. The quantitative estimate of drug-likeness (QED) is 0.767. The van der Waals surface area contributed by atoms with Crippen LogP contribution in [-0.4, -0.2) is 33.7 Å². The van der Waals surface area contributed by atoms with Crippen molar-refractivity contribution in [1.29, 1.82) is 0 Å². The van der Waals surface area contributed by atoms with Crippen molar-refractivity contribution >= 4 is 23.0 Å². The standard InChI is InChI=1S/C17H19F2N3O3/c1-8-14(22(8)15(23)21-16(24)25-17(2,3)4)10-7-20-13-6-12(19)11(18)5-9(10)13/h5-8,14,20H,1-4H3,(H,21,23,24)/t8-,14+,22?/m1/s1. The van der Waals surface area contributed by atoms with Crippen LogP contribution in [0.5, 0.6) is 0 Å². The van der Waals surface area contributed by atoms with Crippen LogP contribution in [-0.2, 0) is 4.74 Å². The molecule has 0 bridgehead atoms. The first-order valence-corrected chi connectivity index (χ1v) is 7.87. The van der Waals surface area contributed by atoms with E-state index in [-0.39, 0.29) is 12.1 Å². The number of fused-ring (bicyclic) bond motifs is 1. The molecule has 0 unspecified atom stereocenters. The third kappa shape index (κ3) is 3.29. The van der Waals surface area contributed by atoms with Crippen LogP contribution >= 0.6 is 0 Å². The molecule has 8 heteroatoms. The zero-order chi connectivity index (χ0) is 18.5. The molecule has 1 aliphatic heterocycles. The summed E-state index contributed by atoms with van der Waals surface area (Å²) in [4.78, 5) is 28.3. The highest BCUT2D eigenvalue weighted by molar-refractivity contribution is 5.93. The molecule has 2 atom stereocenters. The third-order valence-electron chi connectivity index (χ3n) is 4.02. The summed E-state index contributed by atoms with van der Waals surface area (Å²) in [5.74, 6) is -1.89. The predicted molar refractivity (Wildman–Crippen MR) is 87.0 cm³/mol. The van der Waals surface area contributed by atoms with E-state index in [1.165, 1.54) is 4.90 Å². The van der Waals surface area contributed by atoms with Crippen molar-refractivity contribution in [2.24, 2.45) is 0 Å². The highest BCUT2D eigenvalue weighted by Crippen LogP contribution is 2.45. The maximum absolute atomic E-state index is 13.5. The number of hydrogen-bond donors (Lipinski definition) is 2. The van der Waals surface area contributed by atoms with Crippen molar-refractivity contribution in [3.8, 4) is 0 Å². The lowest BCUT2D eigenvalue weighted by molar-refractivity contribution is 0.0542. The monoisotopic (exact) mass is 351 g/mol. The normalized spacial score (nSPS) is 19.8. The first kappa shape index (κ1) is 17.2. The van der Waals surface area contributed by atoms with E-state index in [1.54, 1.807) is 33.9 Å². The Kier molecular flexibility index (Phi) is 3.93. The van der Waals surface area contributed by atoms with E-state index < -0.39 is 29.4 Å². The fourth-order valence-corrected chi connectivity index (χ4v) is 2.91. The van der Waals surface area contributed by atoms with E-state index in [1.807, 2.05) is 0 Å². The summed E-state index contributed by atoms with van der Waals surface area (Å²) in [5.41, 5.74) is 0.397. The molecule has 1 aromatic carbocycles. The van der Waals surface area contributed by atoms with Crippen LogP contribution in [0.2, 0.25) is 0 Å². The number of carbonyl (C=O) groups excluding carboxylic acids is 2. The number of ether oxygens (including phenoxy) is 1. The molecule has 0 spiro atoms. The SMILES string of the molecule is C[C@@H]1[C@@H](c2c[nH]c3cc(F)c(F)cc23)N1C(=O)NC(=O)OC(C)(C)C. The van der Waals surface area contributed by atoms with E-state index in [2.05, 4.69) is 10.3 Å². The molecule has 1 saturated heterocycles. The second-order valence-electron chi connectivity index (χ2n) is 7.08. The predicted octanol–water partition coefficient (Wildman–Crippen LogP) is 3.84. The van der Waals surface area contributed by atoms with E-state index in [9.17, 15) is 18.4 Å². The van der Waals surface area contributed by atoms with E-state index in [0.29, 0.717) is 16.5 Å². The van der Waals surface area contributed by atoms with Crippen molar-refractivity contribution in [2.45, 2.75) is 45.4 Å². The first-order valence-electron chi connectivity index (χ1n) is 7.87. The molecule has 2 aromatic rings. The largest absolute Gasteiger partial charge is 0.443 e. The van der Waals surface area contributed by atoms with Crippen LogP contribution in [0.4, 0.5) is 18.4 Å². The van der Waals surface area contributed by atoms with Gasteiger partial charge in [0.15, 0.2) is 11.6 Å². The van der Waals surface area contributed by atoms with Gasteiger partial charge in [0.25, 0.3) is 0 Å². The summed E-state index contributed by atoms with van der Waals surface area (Å²) in [6.07, 6.45) is 0.785. The van der Waals surface area contributed by atoms with Crippen LogP contribution in [0.3, 0.4) is 0 Å². The Balaban J connectivity index is 1.76. The highest BCUT2D eigenvalue weighted by Gasteiger charge is 2.50. The summed E-state index contributed by atoms with van der Waals surface area (Å²) in [6, 6.07) is 1.07. The zero-order valence-corrected chi connectivity index (χ0v) is 14.3. The van der Waals surface area contributed by atoms with Crippen LogP contribution in [0.1, 0.15) is 39.3 Å². The number of H-pyrrole nitrogens is 1. The minimum atomic E-state index is -0.952. The van der Waals surface area contributed by atoms with Crippen LogP contribution in [0.15, 0.2) is 18.3 Å². The van der Waals surface area contributed by atoms with Crippen molar-refractivity contribution in [3.05, 3.63) is 35.5 Å². The highest BCUT2D eigenvalue weighted by atomic mass is 19.2. The van der Waals surface area contributed by atoms with Gasteiger partial charge in [0, 0.05) is 28.7 Å². The van der Waals surface area contributed by atoms with Gasteiger partial charge in [-0.3, -0.25) is 0 Å². The molecular formula is C17H19F2N3O3. The molecule has 2 heterocycles. The summed E-state index contributed by atoms with van der Waals surface area (Å²) in [7, 11) is 0. The Morgan fingerprint density at radius 1 is 1.24 bits per heavy atom. The van der Waals surface area contributed by atoms with E-state index in [0.717, 1.165) is 12.1 Å². The van der Waals surface area contributed by atoms with Gasteiger partial charge in [-0.1, -0.05) is 0 Å². The zero-order valence-electron chi connectivity index (χ0n) is 14.3. The number of halogens is 2. The van der Waals surface area contributed by atoms with Crippen LogP contribution in [0, 0.1) is 11.6 Å². The molecular weight excluding hydrogens is 332 g/mol.